The molecule has 0 aromatic heterocycles. The number of phenolic OH excluding ortho intramolecular Hbond substituents is 1. The van der Waals surface area contributed by atoms with E-state index in [2.05, 4.69) is 36.5 Å². The molecule has 0 bridgehead atoms. The molecule has 0 radical (unpaired) electrons. The Balaban J connectivity index is 1.81. The second-order valence-corrected chi connectivity index (χ2v) is 5.39. The highest BCUT2D eigenvalue weighted by Crippen LogP contribution is 2.20. The van der Waals surface area contributed by atoms with Gasteiger partial charge >= 0.3 is 0 Å². The van der Waals surface area contributed by atoms with Gasteiger partial charge in [0.15, 0.2) is 0 Å². The molecule has 3 heteroatoms. The van der Waals surface area contributed by atoms with E-state index in [0.717, 1.165) is 24.1 Å². The molecule has 0 atom stereocenters. The number of anilines is 1. The van der Waals surface area contributed by atoms with Crippen LogP contribution in [0, 0.1) is 13.8 Å². The summed E-state index contributed by atoms with van der Waals surface area (Å²) in [5.74, 6) is 0.223. The van der Waals surface area contributed by atoms with Crippen molar-refractivity contribution in [2.75, 3.05) is 5.32 Å². The molecule has 2 aromatic rings. The van der Waals surface area contributed by atoms with E-state index in [1.165, 1.54) is 11.1 Å². The summed E-state index contributed by atoms with van der Waals surface area (Å²) in [6, 6.07) is 13.3. The fourth-order valence-corrected chi connectivity index (χ4v) is 2.21. The number of carbonyl (C=O) groups excluding carboxylic acids is 1. The number of hydrogen-bond acceptors (Lipinski definition) is 2. The van der Waals surface area contributed by atoms with Crippen molar-refractivity contribution in [3.63, 3.8) is 0 Å². The molecule has 1 amide bonds. The Bertz CT molecular complexity index is 618. The van der Waals surface area contributed by atoms with E-state index in [-0.39, 0.29) is 11.7 Å². The van der Waals surface area contributed by atoms with E-state index in [4.69, 9.17) is 0 Å². The van der Waals surface area contributed by atoms with Crippen molar-refractivity contribution in [2.24, 2.45) is 0 Å². The number of carbonyl (C=O) groups is 1. The molecule has 2 rings (SSSR count). The van der Waals surface area contributed by atoms with Crippen molar-refractivity contribution in [3.05, 3.63) is 59.2 Å². The van der Waals surface area contributed by atoms with Crippen LogP contribution in [0.1, 0.15) is 29.5 Å². The third kappa shape index (κ3) is 4.63. The van der Waals surface area contributed by atoms with Crippen LogP contribution >= 0.6 is 0 Å². The average Bonchev–Trinajstić information content (AvgIpc) is 2.44. The van der Waals surface area contributed by atoms with Gasteiger partial charge in [-0.05, 0) is 56.0 Å². The summed E-state index contributed by atoms with van der Waals surface area (Å²) >= 11 is 0. The predicted molar refractivity (Wildman–Crippen MR) is 85.6 cm³/mol. The first kappa shape index (κ1) is 15.1. The van der Waals surface area contributed by atoms with Crippen LogP contribution in [0.2, 0.25) is 0 Å². The lowest BCUT2D eigenvalue weighted by Crippen LogP contribution is -2.12. The summed E-state index contributed by atoms with van der Waals surface area (Å²) in [6.07, 6.45) is 2.22. The average molecular weight is 283 g/mol. The van der Waals surface area contributed by atoms with E-state index in [9.17, 15) is 9.90 Å². The molecule has 2 aromatic carbocycles. The van der Waals surface area contributed by atoms with Crippen LogP contribution in [0.5, 0.6) is 5.75 Å². The predicted octanol–water partition coefficient (Wildman–Crippen LogP) is 3.97. The first-order valence-corrected chi connectivity index (χ1v) is 7.19. The van der Waals surface area contributed by atoms with E-state index in [0.29, 0.717) is 6.42 Å². The molecular weight excluding hydrogens is 262 g/mol. The SMILES string of the molecule is Cc1ccc(CCCC(=O)Nc2ccc(O)cc2C)cc1. The Kier molecular flexibility index (Phi) is 4.99. The standard InChI is InChI=1S/C18H21NO2/c1-13-6-8-15(9-7-13)4-3-5-18(21)19-17-11-10-16(20)12-14(17)2/h6-12,20H,3-5H2,1-2H3,(H,19,21). The van der Waals surface area contributed by atoms with Crippen LogP contribution in [0.15, 0.2) is 42.5 Å². The van der Waals surface area contributed by atoms with Gasteiger partial charge in [0.2, 0.25) is 5.91 Å². The summed E-state index contributed by atoms with van der Waals surface area (Å²) in [4.78, 5) is 11.9. The topological polar surface area (TPSA) is 49.3 Å². The fourth-order valence-electron chi connectivity index (χ4n) is 2.21. The molecule has 0 aliphatic rings. The maximum Gasteiger partial charge on any atom is 0.224 e. The second-order valence-electron chi connectivity index (χ2n) is 5.39. The van der Waals surface area contributed by atoms with Crippen LogP contribution in [0.3, 0.4) is 0 Å². The van der Waals surface area contributed by atoms with Gasteiger partial charge in [0.25, 0.3) is 0 Å². The molecule has 21 heavy (non-hydrogen) atoms. The molecule has 0 saturated carbocycles. The van der Waals surface area contributed by atoms with Crippen molar-refractivity contribution in [2.45, 2.75) is 33.1 Å². The van der Waals surface area contributed by atoms with Crippen LogP contribution < -0.4 is 5.32 Å². The maximum absolute atomic E-state index is 11.9. The van der Waals surface area contributed by atoms with Gasteiger partial charge in [-0.2, -0.15) is 0 Å². The van der Waals surface area contributed by atoms with Crippen LogP contribution in [-0.4, -0.2) is 11.0 Å². The zero-order valence-corrected chi connectivity index (χ0v) is 12.5. The molecule has 110 valence electrons. The molecule has 0 saturated heterocycles. The molecular formula is C18H21NO2. The molecule has 0 unspecified atom stereocenters. The van der Waals surface area contributed by atoms with Crippen molar-refractivity contribution in [1.29, 1.82) is 0 Å². The minimum Gasteiger partial charge on any atom is -0.508 e. The van der Waals surface area contributed by atoms with Crippen molar-refractivity contribution < 1.29 is 9.90 Å². The third-order valence-corrected chi connectivity index (χ3v) is 3.47. The quantitative estimate of drug-likeness (QED) is 0.816. The van der Waals surface area contributed by atoms with Gasteiger partial charge in [-0.3, -0.25) is 4.79 Å². The van der Waals surface area contributed by atoms with E-state index < -0.39 is 0 Å². The Hall–Kier alpha value is -2.29. The molecule has 0 fully saturated rings. The molecule has 2 N–H and O–H groups in total. The number of amides is 1. The number of phenols is 1. The van der Waals surface area contributed by atoms with Crippen molar-refractivity contribution in [1.82, 2.24) is 0 Å². The van der Waals surface area contributed by atoms with Gasteiger partial charge in [0.05, 0.1) is 0 Å². The van der Waals surface area contributed by atoms with E-state index in [1.54, 1.807) is 18.2 Å². The Morgan fingerprint density at radius 1 is 1.10 bits per heavy atom. The summed E-state index contributed by atoms with van der Waals surface area (Å²) in [5, 5.41) is 12.2. The molecule has 0 spiro atoms. The van der Waals surface area contributed by atoms with Gasteiger partial charge in [0, 0.05) is 12.1 Å². The van der Waals surface area contributed by atoms with Crippen molar-refractivity contribution >= 4 is 11.6 Å². The summed E-state index contributed by atoms with van der Waals surface area (Å²) in [5.41, 5.74) is 4.13. The highest BCUT2D eigenvalue weighted by Gasteiger charge is 2.05. The lowest BCUT2D eigenvalue weighted by atomic mass is 10.1. The first-order chi connectivity index (χ1) is 10.0. The first-order valence-electron chi connectivity index (χ1n) is 7.19. The lowest BCUT2D eigenvalue weighted by molar-refractivity contribution is -0.116. The van der Waals surface area contributed by atoms with Crippen LogP contribution in [0.25, 0.3) is 0 Å². The van der Waals surface area contributed by atoms with Gasteiger partial charge in [0.1, 0.15) is 5.75 Å². The van der Waals surface area contributed by atoms with Gasteiger partial charge in [-0.15, -0.1) is 0 Å². The fraction of sp³-hybridized carbons (Fsp3) is 0.278. The van der Waals surface area contributed by atoms with E-state index >= 15 is 0 Å². The minimum absolute atomic E-state index is 0.0101. The number of hydrogen-bond donors (Lipinski definition) is 2. The molecule has 3 nitrogen and oxygen atoms in total. The normalized spacial score (nSPS) is 10.4. The van der Waals surface area contributed by atoms with Gasteiger partial charge in [-0.1, -0.05) is 29.8 Å². The Labute approximate surface area is 125 Å². The number of aryl methyl sites for hydroxylation is 3. The molecule has 0 heterocycles. The van der Waals surface area contributed by atoms with Gasteiger partial charge < -0.3 is 10.4 Å². The van der Waals surface area contributed by atoms with E-state index in [1.807, 2.05) is 6.92 Å². The number of aromatic hydroxyl groups is 1. The van der Waals surface area contributed by atoms with Crippen molar-refractivity contribution in [3.8, 4) is 5.75 Å². The monoisotopic (exact) mass is 283 g/mol. The second kappa shape index (κ2) is 6.93. The zero-order valence-electron chi connectivity index (χ0n) is 12.5. The smallest absolute Gasteiger partial charge is 0.224 e. The van der Waals surface area contributed by atoms with Crippen LogP contribution in [-0.2, 0) is 11.2 Å². The van der Waals surface area contributed by atoms with Crippen LogP contribution in [0.4, 0.5) is 5.69 Å². The Morgan fingerprint density at radius 2 is 1.81 bits per heavy atom. The maximum atomic E-state index is 11.9. The Morgan fingerprint density at radius 3 is 2.48 bits per heavy atom. The largest absolute Gasteiger partial charge is 0.508 e. The third-order valence-electron chi connectivity index (χ3n) is 3.47. The zero-order chi connectivity index (χ0) is 15.2. The number of benzene rings is 2. The number of nitrogens with one attached hydrogen (secondary N) is 1. The number of rotatable bonds is 5. The lowest BCUT2D eigenvalue weighted by Gasteiger charge is -2.08. The summed E-state index contributed by atoms with van der Waals surface area (Å²) in [6.45, 7) is 3.93. The summed E-state index contributed by atoms with van der Waals surface area (Å²) < 4.78 is 0. The highest BCUT2D eigenvalue weighted by molar-refractivity contribution is 5.91. The van der Waals surface area contributed by atoms with Gasteiger partial charge in [-0.25, -0.2) is 0 Å². The summed E-state index contributed by atoms with van der Waals surface area (Å²) in [7, 11) is 0. The molecule has 0 aliphatic carbocycles. The molecule has 0 aliphatic heterocycles. The minimum atomic E-state index is 0.0101. The highest BCUT2D eigenvalue weighted by atomic mass is 16.3.